The minimum Gasteiger partial charge on any atom is -0.411 e. The summed E-state index contributed by atoms with van der Waals surface area (Å²) in [5.41, 5.74) is 0.546. The van der Waals surface area contributed by atoms with Crippen LogP contribution in [-0.4, -0.2) is 32.7 Å². The Morgan fingerprint density at radius 2 is 1.57 bits per heavy atom. The van der Waals surface area contributed by atoms with Crippen molar-refractivity contribution in [1.29, 1.82) is 0 Å². The molecule has 0 radical (unpaired) electrons. The van der Waals surface area contributed by atoms with Gasteiger partial charge in [0.1, 0.15) is 21.8 Å². The number of hydrogen-bond donors (Lipinski definition) is 1. The van der Waals surface area contributed by atoms with E-state index in [1.165, 1.54) is 12.5 Å². The molecule has 0 bridgehead atoms. The number of oxime groups is 1. The predicted octanol–water partition coefficient (Wildman–Crippen LogP) is 3.79. The van der Waals surface area contributed by atoms with Crippen LogP contribution in [-0.2, 0) is 0 Å². The highest BCUT2D eigenvalue weighted by Crippen LogP contribution is 2.19. The lowest BCUT2D eigenvalue weighted by Gasteiger charge is -1.96. The van der Waals surface area contributed by atoms with Crippen molar-refractivity contribution in [2.24, 2.45) is 5.16 Å². The monoisotopic (exact) mass is 366 g/mol. The molecule has 0 unspecified atom stereocenters. The van der Waals surface area contributed by atoms with Crippen LogP contribution >= 0.6 is 46.4 Å². The average molecular weight is 368 g/mol. The molecule has 0 saturated carbocycles. The molecule has 1 N–H and O–H groups in total. The van der Waals surface area contributed by atoms with Crippen LogP contribution in [0.3, 0.4) is 0 Å². The molecular formula is C11H6Cl4N4O2. The van der Waals surface area contributed by atoms with Gasteiger partial charge in [-0.15, -0.1) is 0 Å². The highest BCUT2D eigenvalue weighted by Gasteiger charge is 2.04. The highest BCUT2D eigenvalue weighted by atomic mass is 35.5. The topological polar surface area (TPSA) is 88.3 Å². The Labute approximate surface area is 139 Å². The number of halogens is 4. The molecule has 2 rings (SSSR count). The lowest BCUT2D eigenvalue weighted by molar-refractivity contribution is 0.112. The molecule has 0 saturated heterocycles. The molecule has 2 aromatic heterocycles. The number of pyridine rings is 1. The maximum absolute atomic E-state index is 10.2. The summed E-state index contributed by atoms with van der Waals surface area (Å²) >= 11 is 22.2. The van der Waals surface area contributed by atoms with Crippen LogP contribution in [0.25, 0.3) is 0 Å². The van der Waals surface area contributed by atoms with Gasteiger partial charge in [0.25, 0.3) is 0 Å². The van der Waals surface area contributed by atoms with Crippen molar-refractivity contribution in [3.05, 3.63) is 50.2 Å². The van der Waals surface area contributed by atoms with Crippen LogP contribution in [0.5, 0.6) is 0 Å². The summed E-state index contributed by atoms with van der Waals surface area (Å²) in [4.78, 5) is 21.0. The first-order chi connectivity index (χ1) is 10.0. The molecule has 110 valence electrons. The molecule has 0 amide bonds. The zero-order valence-electron chi connectivity index (χ0n) is 10.0. The third-order valence-electron chi connectivity index (χ3n) is 1.98. The molecule has 6 nitrogen and oxygen atoms in total. The molecule has 0 aliphatic carbocycles. The predicted molar refractivity (Wildman–Crippen MR) is 81.1 cm³/mol. The molecule has 0 aliphatic heterocycles. The van der Waals surface area contributed by atoms with Gasteiger partial charge in [0.2, 0.25) is 0 Å². The average Bonchev–Trinajstić information content (AvgIpc) is 2.44. The Morgan fingerprint density at radius 3 is 2.00 bits per heavy atom. The van der Waals surface area contributed by atoms with Crippen molar-refractivity contribution < 1.29 is 10.0 Å². The van der Waals surface area contributed by atoms with Gasteiger partial charge < -0.3 is 5.21 Å². The fourth-order valence-corrected chi connectivity index (χ4v) is 1.90. The number of aromatic nitrogens is 3. The van der Waals surface area contributed by atoms with Crippen LogP contribution in [0.2, 0.25) is 20.5 Å². The second-order valence-electron chi connectivity index (χ2n) is 3.23. The van der Waals surface area contributed by atoms with Crippen molar-refractivity contribution in [2.75, 3.05) is 0 Å². The Balaban J connectivity index is 0.000000211. The van der Waals surface area contributed by atoms with E-state index in [9.17, 15) is 4.79 Å². The van der Waals surface area contributed by atoms with Crippen LogP contribution in [0, 0.1) is 0 Å². The second-order valence-corrected chi connectivity index (χ2v) is 4.71. The third-order valence-corrected chi connectivity index (χ3v) is 3.21. The molecule has 10 heteroatoms. The van der Waals surface area contributed by atoms with Gasteiger partial charge in [-0.25, -0.2) is 15.0 Å². The summed E-state index contributed by atoms with van der Waals surface area (Å²) in [6.45, 7) is 0. The van der Waals surface area contributed by atoms with E-state index in [-0.39, 0.29) is 21.0 Å². The largest absolute Gasteiger partial charge is 0.411 e. The Morgan fingerprint density at radius 1 is 1.00 bits per heavy atom. The van der Waals surface area contributed by atoms with E-state index >= 15 is 0 Å². The molecule has 0 fully saturated rings. The zero-order valence-corrected chi connectivity index (χ0v) is 13.1. The van der Waals surface area contributed by atoms with Gasteiger partial charge in [0, 0.05) is 6.20 Å². The maximum atomic E-state index is 10.2. The fraction of sp³-hybridized carbons (Fsp3) is 0. The first-order valence-corrected chi connectivity index (χ1v) is 6.61. The summed E-state index contributed by atoms with van der Waals surface area (Å²) < 4.78 is 0. The fourth-order valence-electron chi connectivity index (χ4n) is 1.05. The van der Waals surface area contributed by atoms with Crippen molar-refractivity contribution in [3.63, 3.8) is 0 Å². The number of hydrogen-bond acceptors (Lipinski definition) is 6. The molecule has 0 aliphatic rings. The van der Waals surface area contributed by atoms with E-state index in [0.717, 1.165) is 6.21 Å². The number of rotatable bonds is 2. The number of aldehydes is 1. The molecule has 2 aromatic rings. The highest BCUT2D eigenvalue weighted by molar-refractivity contribution is 6.38. The molecule has 2 heterocycles. The van der Waals surface area contributed by atoms with Crippen molar-refractivity contribution in [3.8, 4) is 0 Å². The second kappa shape index (κ2) is 8.74. The van der Waals surface area contributed by atoms with Crippen LogP contribution < -0.4 is 0 Å². The summed E-state index contributed by atoms with van der Waals surface area (Å²) in [5.74, 6) is 0. The minimum absolute atomic E-state index is 0.0787. The Bertz CT molecular complexity index is 626. The van der Waals surface area contributed by atoms with E-state index in [2.05, 4.69) is 20.1 Å². The molecule has 0 spiro atoms. The van der Waals surface area contributed by atoms with E-state index in [1.54, 1.807) is 6.07 Å². The summed E-state index contributed by atoms with van der Waals surface area (Å²) in [5, 5.41) is 11.8. The molecule has 0 aromatic carbocycles. The van der Waals surface area contributed by atoms with E-state index in [4.69, 9.17) is 51.6 Å². The van der Waals surface area contributed by atoms with E-state index < -0.39 is 0 Å². The zero-order chi connectivity index (χ0) is 15.8. The summed E-state index contributed by atoms with van der Waals surface area (Å²) in [7, 11) is 0. The van der Waals surface area contributed by atoms with Crippen LogP contribution in [0.15, 0.2) is 23.7 Å². The minimum atomic E-state index is 0.0787. The van der Waals surface area contributed by atoms with Gasteiger partial charge in [0.05, 0.1) is 22.4 Å². The van der Waals surface area contributed by atoms with Gasteiger partial charge in [-0.1, -0.05) is 51.6 Å². The van der Waals surface area contributed by atoms with Crippen LogP contribution in [0.4, 0.5) is 0 Å². The maximum Gasteiger partial charge on any atom is 0.156 e. The molecule has 21 heavy (non-hydrogen) atoms. The lowest BCUT2D eigenvalue weighted by Crippen LogP contribution is -1.89. The lowest BCUT2D eigenvalue weighted by atomic mass is 10.3. The normalized spacial score (nSPS) is 10.1. The first kappa shape index (κ1) is 17.6. The van der Waals surface area contributed by atoms with E-state index in [0.29, 0.717) is 16.9 Å². The quantitative estimate of drug-likeness (QED) is 0.218. The third kappa shape index (κ3) is 5.09. The Hall–Kier alpha value is -1.47. The van der Waals surface area contributed by atoms with Crippen LogP contribution in [0.1, 0.15) is 15.9 Å². The molecule has 0 atom stereocenters. The number of carbonyl (C=O) groups is 1. The Kier molecular flexibility index (Phi) is 7.31. The van der Waals surface area contributed by atoms with Gasteiger partial charge >= 0.3 is 0 Å². The van der Waals surface area contributed by atoms with Crippen molar-refractivity contribution in [2.45, 2.75) is 0 Å². The SMILES string of the molecule is O=Cc1c(Cl)ncnc1Cl.ON=Cc1c(Cl)ccnc1Cl. The first-order valence-electron chi connectivity index (χ1n) is 5.09. The number of nitrogens with zero attached hydrogens (tertiary/aromatic N) is 4. The van der Waals surface area contributed by atoms with Gasteiger partial charge in [-0.05, 0) is 6.07 Å². The van der Waals surface area contributed by atoms with E-state index in [1.807, 2.05) is 0 Å². The van der Waals surface area contributed by atoms with Crippen molar-refractivity contribution >= 4 is 58.9 Å². The summed E-state index contributed by atoms with van der Waals surface area (Å²) in [6.07, 6.45) is 4.32. The van der Waals surface area contributed by atoms with Gasteiger partial charge in [0.15, 0.2) is 6.29 Å². The molecular weight excluding hydrogens is 362 g/mol. The smallest absolute Gasteiger partial charge is 0.156 e. The summed E-state index contributed by atoms with van der Waals surface area (Å²) in [6, 6.07) is 1.56. The van der Waals surface area contributed by atoms with Gasteiger partial charge in [-0.2, -0.15) is 0 Å². The number of carbonyl (C=O) groups excluding carboxylic acids is 1. The standard InChI is InChI=1S/C6H4Cl2N2O.C5H2Cl2N2O/c7-5-1-2-9-6(8)4(5)3-10-11;6-4-3(1-10)5(7)9-2-8-4/h1-3,11H;1-2H. The van der Waals surface area contributed by atoms with Gasteiger partial charge in [-0.3, -0.25) is 4.79 Å². The van der Waals surface area contributed by atoms with Crippen molar-refractivity contribution in [1.82, 2.24) is 15.0 Å².